The summed E-state index contributed by atoms with van der Waals surface area (Å²) in [6.07, 6.45) is 0.720. The molecule has 0 unspecified atom stereocenters. The molecule has 10 nitrogen and oxygen atoms in total. The minimum absolute atomic E-state index is 0.300. The smallest absolute Gasteiger partial charge is 0.229 e. The first-order valence-corrected chi connectivity index (χ1v) is 11.9. The van der Waals surface area contributed by atoms with E-state index in [-0.39, 0.29) is 0 Å². The SMILES string of the molecule is COc1ccc(CCN=C(NC(=S)Nc2cc(OC)c(OC)c(OC)c2)Nc2nc(C)cc(C)n2)cc1. The number of aromatic nitrogens is 2. The van der Waals surface area contributed by atoms with Gasteiger partial charge in [0.15, 0.2) is 16.6 Å². The third-order valence-corrected chi connectivity index (χ3v) is 5.40. The number of nitrogens with one attached hydrogen (secondary N) is 3. The minimum Gasteiger partial charge on any atom is -0.497 e. The number of hydrogen-bond donors (Lipinski definition) is 3. The number of ether oxygens (including phenoxy) is 4. The van der Waals surface area contributed by atoms with Gasteiger partial charge in [0, 0.05) is 35.8 Å². The van der Waals surface area contributed by atoms with E-state index in [1.165, 1.54) is 0 Å². The van der Waals surface area contributed by atoms with E-state index < -0.39 is 0 Å². The lowest BCUT2D eigenvalue weighted by Crippen LogP contribution is -2.39. The van der Waals surface area contributed by atoms with Crippen LogP contribution in [0.2, 0.25) is 0 Å². The van der Waals surface area contributed by atoms with Gasteiger partial charge in [0.05, 0.1) is 28.4 Å². The number of aryl methyl sites for hydroxylation is 2. The molecule has 1 aromatic heterocycles. The molecule has 0 bridgehead atoms. The van der Waals surface area contributed by atoms with E-state index >= 15 is 0 Å². The molecule has 1 heterocycles. The maximum Gasteiger partial charge on any atom is 0.229 e. The number of benzene rings is 2. The van der Waals surface area contributed by atoms with E-state index in [0.29, 0.717) is 46.5 Å². The monoisotopic (exact) mass is 524 g/mol. The van der Waals surface area contributed by atoms with E-state index in [0.717, 1.165) is 29.1 Å². The molecule has 0 radical (unpaired) electrons. The first-order chi connectivity index (χ1) is 17.8. The summed E-state index contributed by atoms with van der Waals surface area (Å²) in [4.78, 5) is 13.6. The van der Waals surface area contributed by atoms with Crippen LogP contribution < -0.4 is 34.9 Å². The van der Waals surface area contributed by atoms with E-state index in [1.807, 2.05) is 44.2 Å². The summed E-state index contributed by atoms with van der Waals surface area (Å²) in [5.41, 5.74) is 3.45. The molecule has 37 heavy (non-hydrogen) atoms. The molecule has 0 fully saturated rings. The molecule has 0 saturated heterocycles. The van der Waals surface area contributed by atoms with Crippen LogP contribution in [-0.4, -0.2) is 56.0 Å². The summed E-state index contributed by atoms with van der Waals surface area (Å²) >= 11 is 5.56. The number of guanidine groups is 1. The van der Waals surface area contributed by atoms with E-state index in [1.54, 1.807) is 40.6 Å². The Hall–Kier alpha value is -4.12. The van der Waals surface area contributed by atoms with Crippen LogP contribution in [0.1, 0.15) is 17.0 Å². The molecule has 0 amide bonds. The Kier molecular flexibility index (Phi) is 9.84. The van der Waals surface area contributed by atoms with Crippen LogP contribution in [0, 0.1) is 13.8 Å². The highest BCUT2D eigenvalue weighted by Crippen LogP contribution is 2.39. The molecule has 0 saturated carbocycles. The average molecular weight is 525 g/mol. The van der Waals surface area contributed by atoms with Crippen molar-refractivity contribution in [3.05, 3.63) is 59.4 Å². The van der Waals surface area contributed by atoms with Gasteiger partial charge in [0.2, 0.25) is 17.7 Å². The van der Waals surface area contributed by atoms with Gasteiger partial charge in [-0.1, -0.05) is 12.1 Å². The number of methoxy groups -OCH3 is 4. The summed E-state index contributed by atoms with van der Waals surface area (Å²) in [5, 5.41) is 9.68. The van der Waals surface area contributed by atoms with Crippen LogP contribution in [0.15, 0.2) is 47.5 Å². The maximum absolute atomic E-state index is 5.56. The Morgan fingerprint density at radius 2 is 1.46 bits per heavy atom. The Morgan fingerprint density at radius 1 is 0.838 bits per heavy atom. The first-order valence-electron chi connectivity index (χ1n) is 11.5. The summed E-state index contributed by atoms with van der Waals surface area (Å²) in [6, 6.07) is 13.3. The van der Waals surface area contributed by atoms with Gasteiger partial charge in [-0.2, -0.15) is 0 Å². The number of anilines is 2. The Bertz CT molecular complexity index is 1210. The zero-order valence-corrected chi connectivity index (χ0v) is 22.7. The molecule has 0 spiro atoms. The van der Waals surface area contributed by atoms with Gasteiger partial charge in [-0.25, -0.2) is 9.97 Å². The van der Waals surface area contributed by atoms with E-state index in [9.17, 15) is 0 Å². The fourth-order valence-corrected chi connectivity index (χ4v) is 3.72. The van der Waals surface area contributed by atoms with Crippen LogP contribution in [0.4, 0.5) is 11.6 Å². The number of nitrogens with zero attached hydrogens (tertiary/aromatic N) is 3. The highest BCUT2D eigenvalue weighted by molar-refractivity contribution is 7.80. The van der Waals surface area contributed by atoms with Crippen LogP contribution >= 0.6 is 12.2 Å². The molecular weight excluding hydrogens is 492 g/mol. The normalized spacial score (nSPS) is 10.9. The van der Waals surface area contributed by atoms with Crippen molar-refractivity contribution in [2.45, 2.75) is 20.3 Å². The quantitative estimate of drug-likeness (QED) is 0.215. The summed E-state index contributed by atoms with van der Waals surface area (Å²) < 4.78 is 21.5. The fraction of sp³-hybridized carbons (Fsp3) is 0.308. The molecule has 0 atom stereocenters. The molecular formula is C26H32N6O4S. The van der Waals surface area contributed by atoms with Gasteiger partial charge in [-0.15, -0.1) is 0 Å². The highest BCUT2D eigenvalue weighted by Gasteiger charge is 2.14. The fourth-order valence-electron chi connectivity index (χ4n) is 3.51. The van der Waals surface area contributed by atoms with Crippen molar-refractivity contribution < 1.29 is 18.9 Å². The molecule has 11 heteroatoms. The zero-order valence-electron chi connectivity index (χ0n) is 21.8. The lowest BCUT2D eigenvalue weighted by atomic mass is 10.1. The number of rotatable bonds is 9. The van der Waals surface area contributed by atoms with Crippen molar-refractivity contribution in [2.75, 3.05) is 45.6 Å². The number of aliphatic imine (C=N–C) groups is 1. The van der Waals surface area contributed by atoms with Crippen LogP contribution in [0.25, 0.3) is 0 Å². The zero-order chi connectivity index (χ0) is 26.8. The van der Waals surface area contributed by atoms with Crippen molar-refractivity contribution in [3.8, 4) is 23.0 Å². The van der Waals surface area contributed by atoms with Crippen molar-refractivity contribution in [2.24, 2.45) is 4.99 Å². The van der Waals surface area contributed by atoms with Crippen LogP contribution in [0.5, 0.6) is 23.0 Å². The number of hydrogen-bond acceptors (Lipinski definition) is 8. The minimum atomic E-state index is 0.300. The molecule has 3 aromatic rings. The predicted octanol–water partition coefficient (Wildman–Crippen LogP) is 4.13. The lowest BCUT2D eigenvalue weighted by Gasteiger charge is -2.17. The summed E-state index contributed by atoms with van der Waals surface area (Å²) in [7, 11) is 6.31. The standard InChI is InChI=1S/C26H32N6O4S/c1-16-13-17(2)29-25(28-16)31-24(27-12-11-18-7-9-20(33-3)10-8-18)32-26(37)30-19-14-21(34-4)23(36-6)22(15-19)35-5/h7-10,13-15H,11-12H2,1-6H3,(H3,27,28,29,30,31,32,37). The summed E-state index contributed by atoms with van der Waals surface area (Å²) in [5.74, 6) is 3.13. The molecule has 3 N–H and O–H groups in total. The molecule has 0 aliphatic rings. The van der Waals surface area contributed by atoms with Crippen molar-refractivity contribution in [1.29, 1.82) is 0 Å². The maximum atomic E-state index is 5.56. The Labute approximate surface area is 222 Å². The third kappa shape index (κ3) is 7.94. The Balaban J connectivity index is 1.77. The van der Waals surface area contributed by atoms with Gasteiger partial charge < -0.3 is 29.6 Å². The second-order valence-electron chi connectivity index (χ2n) is 7.92. The van der Waals surface area contributed by atoms with Gasteiger partial charge in [0.25, 0.3) is 0 Å². The van der Waals surface area contributed by atoms with Crippen LogP contribution in [0.3, 0.4) is 0 Å². The topological polar surface area (TPSA) is 111 Å². The predicted molar refractivity (Wildman–Crippen MR) is 150 cm³/mol. The summed E-state index contributed by atoms with van der Waals surface area (Å²) in [6.45, 7) is 4.31. The number of thiocarbonyl (C=S) groups is 1. The van der Waals surface area contributed by atoms with E-state index in [4.69, 9.17) is 31.2 Å². The first kappa shape index (κ1) is 27.5. The lowest BCUT2D eigenvalue weighted by molar-refractivity contribution is 0.324. The molecule has 196 valence electrons. The van der Waals surface area contributed by atoms with Gasteiger partial charge in [-0.3, -0.25) is 10.3 Å². The molecule has 3 rings (SSSR count). The van der Waals surface area contributed by atoms with Gasteiger partial charge in [0.1, 0.15) is 5.75 Å². The van der Waals surface area contributed by atoms with Crippen molar-refractivity contribution in [1.82, 2.24) is 15.3 Å². The largest absolute Gasteiger partial charge is 0.497 e. The van der Waals surface area contributed by atoms with Crippen molar-refractivity contribution in [3.63, 3.8) is 0 Å². The van der Waals surface area contributed by atoms with Crippen LogP contribution in [-0.2, 0) is 6.42 Å². The molecule has 0 aliphatic carbocycles. The molecule has 0 aliphatic heterocycles. The second kappa shape index (κ2) is 13.3. The van der Waals surface area contributed by atoms with Gasteiger partial charge >= 0.3 is 0 Å². The Morgan fingerprint density at radius 3 is 2.00 bits per heavy atom. The second-order valence-corrected chi connectivity index (χ2v) is 8.33. The van der Waals surface area contributed by atoms with Crippen molar-refractivity contribution >= 4 is 34.9 Å². The third-order valence-electron chi connectivity index (χ3n) is 5.20. The highest BCUT2D eigenvalue weighted by atomic mass is 32.1. The van der Waals surface area contributed by atoms with E-state index in [2.05, 4.69) is 30.9 Å². The van der Waals surface area contributed by atoms with Gasteiger partial charge in [-0.05, 0) is 56.2 Å². The molecule has 2 aromatic carbocycles. The average Bonchev–Trinajstić information content (AvgIpc) is 2.87.